The normalized spacial score (nSPS) is 11.6. The largest absolute Gasteiger partial charge is 0.0622 e. The third-order valence-electron chi connectivity index (χ3n) is 8.73. The highest BCUT2D eigenvalue weighted by Gasteiger charge is 2.21. The van der Waals surface area contributed by atoms with Gasteiger partial charge in [0, 0.05) is 0 Å². The van der Waals surface area contributed by atoms with Gasteiger partial charge in [-0.3, -0.25) is 0 Å². The van der Waals surface area contributed by atoms with Crippen LogP contribution in [0.2, 0.25) is 0 Å². The molecule has 8 rings (SSSR count). The smallest absolute Gasteiger partial charge is 0.00198 e. The van der Waals surface area contributed by atoms with Gasteiger partial charge in [0.2, 0.25) is 0 Å². The van der Waals surface area contributed by atoms with Crippen molar-refractivity contribution in [2.75, 3.05) is 0 Å². The Morgan fingerprint density at radius 1 is 0.310 bits per heavy atom. The van der Waals surface area contributed by atoms with Gasteiger partial charge in [0.1, 0.15) is 0 Å². The number of aryl methyl sites for hydroxylation is 2. The maximum absolute atomic E-state index is 2.41. The first-order chi connectivity index (χ1) is 20.7. The van der Waals surface area contributed by atoms with E-state index in [9.17, 15) is 0 Å². The molecule has 0 nitrogen and oxygen atoms in total. The van der Waals surface area contributed by atoms with E-state index in [1.54, 1.807) is 0 Å². The summed E-state index contributed by atoms with van der Waals surface area (Å²) in [6.45, 7) is 4.41. The molecule has 0 spiro atoms. The van der Waals surface area contributed by atoms with Crippen molar-refractivity contribution in [1.29, 1.82) is 0 Å². The van der Waals surface area contributed by atoms with Crippen molar-refractivity contribution in [3.8, 4) is 33.4 Å². The average molecular weight is 535 g/mol. The van der Waals surface area contributed by atoms with Crippen LogP contribution in [-0.4, -0.2) is 0 Å². The zero-order chi connectivity index (χ0) is 28.2. The topological polar surface area (TPSA) is 0 Å². The van der Waals surface area contributed by atoms with Crippen LogP contribution in [0.25, 0.3) is 76.5 Å². The van der Waals surface area contributed by atoms with Crippen molar-refractivity contribution < 1.29 is 0 Å². The summed E-state index contributed by atoms with van der Waals surface area (Å²) in [5.74, 6) is 0. The molecule has 42 heavy (non-hydrogen) atoms. The van der Waals surface area contributed by atoms with Crippen LogP contribution < -0.4 is 0 Å². The van der Waals surface area contributed by atoms with Gasteiger partial charge in [-0.05, 0) is 102 Å². The minimum Gasteiger partial charge on any atom is -0.0622 e. The zero-order valence-electron chi connectivity index (χ0n) is 23.9. The van der Waals surface area contributed by atoms with Gasteiger partial charge in [-0.2, -0.15) is 0 Å². The Hall–Kier alpha value is -5.20. The summed E-state index contributed by atoms with van der Waals surface area (Å²) in [5.41, 5.74) is 10.2. The maximum Gasteiger partial charge on any atom is -0.00198 e. The molecule has 0 aromatic heterocycles. The first kappa shape index (κ1) is 24.6. The van der Waals surface area contributed by atoms with Crippen LogP contribution in [0.3, 0.4) is 0 Å². The Bertz CT molecular complexity index is 2300. The van der Waals surface area contributed by atoms with Crippen LogP contribution in [0.1, 0.15) is 11.1 Å². The van der Waals surface area contributed by atoms with Crippen LogP contribution in [-0.2, 0) is 0 Å². The van der Waals surface area contributed by atoms with E-state index < -0.39 is 0 Å². The molecule has 0 saturated heterocycles. The monoisotopic (exact) mass is 534 g/mol. The molecular formula is C42H30. The van der Waals surface area contributed by atoms with Crippen molar-refractivity contribution in [2.45, 2.75) is 13.8 Å². The molecule has 0 aliphatic rings. The van der Waals surface area contributed by atoms with Crippen molar-refractivity contribution in [2.24, 2.45) is 0 Å². The van der Waals surface area contributed by atoms with Crippen LogP contribution >= 0.6 is 0 Å². The Kier molecular flexibility index (Phi) is 5.69. The molecule has 0 N–H and O–H groups in total. The average Bonchev–Trinajstić information content (AvgIpc) is 3.03. The van der Waals surface area contributed by atoms with E-state index in [0.717, 1.165) is 0 Å². The highest BCUT2D eigenvalue weighted by atomic mass is 14.2. The molecule has 198 valence electrons. The van der Waals surface area contributed by atoms with E-state index in [0.29, 0.717) is 0 Å². The molecule has 0 bridgehead atoms. The number of hydrogen-bond donors (Lipinski definition) is 0. The van der Waals surface area contributed by atoms with Gasteiger partial charge in [-0.1, -0.05) is 145 Å². The molecule has 0 aliphatic carbocycles. The lowest BCUT2D eigenvalue weighted by molar-refractivity contribution is 1.49. The fraction of sp³-hybridized carbons (Fsp3) is 0.0476. The quantitative estimate of drug-likeness (QED) is 0.198. The van der Waals surface area contributed by atoms with Crippen molar-refractivity contribution >= 4 is 43.1 Å². The summed E-state index contributed by atoms with van der Waals surface area (Å²) in [6.07, 6.45) is 0. The molecule has 0 heteroatoms. The molecule has 0 aliphatic heterocycles. The highest BCUT2D eigenvalue weighted by molar-refractivity contribution is 6.25. The van der Waals surface area contributed by atoms with Crippen molar-refractivity contribution in [3.05, 3.63) is 157 Å². The van der Waals surface area contributed by atoms with E-state index in [2.05, 4.69) is 159 Å². The minimum atomic E-state index is 1.23. The van der Waals surface area contributed by atoms with E-state index >= 15 is 0 Å². The Balaban J connectivity index is 1.59. The molecule has 0 saturated carbocycles. The Morgan fingerprint density at radius 2 is 0.833 bits per heavy atom. The summed E-state index contributed by atoms with van der Waals surface area (Å²) < 4.78 is 0. The molecule has 0 heterocycles. The second kappa shape index (κ2) is 9.72. The third-order valence-corrected chi connectivity index (χ3v) is 8.73. The maximum atomic E-state index is 2.41. The van der Waals surface area contributed by atoms with E-state index in [4.69, 9.17) is 0 Å². The van der Waals surface area contributed by atoms with E-state index in [1.807, 2.05) is 0 Å². The van der Waals surface area contributed by atoms with Crippen LogP contribution in [0, 0.1) is 13.8 Å². The van der Waals surface area contributed by atoms with Gasteiger partial charge in [0.15, 0.2) is 0 Å². The lowest BCUT2D eigenvalue weighted by Gasteiger charge is -2.22. The second-order valence-electron chi connectivity index (χ2n) is 11.5. The lowest BCUT2D eigenvalue weighted by Crippen LogP contribution is -1.95. The van der Waals surface area contributed by atoms with E-state index in [1.165, 1.54) is 87.6 Å². The molecule has 0 unspecified atom stereocenters. The SMILES string of the molecule is Cc1ccc2c(-c3cccc4ccccc34)c3cc(C)ccc3c(-c3cc4ccccc4cc3-c3ccccc3)c2c1. The lowest BCUT2D eigenvalue weighted by atomic mass is 9.81. The predicted octanol–water partition coefficient (Wildman–Crippen LogP) is 11.9. The number of benzene rings is 8. The van der Waals surface area contributed by atoms with Crippen LogP contribution in [0.4, 0.5) is 0 Å². The summed E-state index contributed by atoms with van der Waals surface area (Å²) in [6, 6.07) is 53.8. The first-order valence-electron chi connectivity index (χ1n) is 14.7. The fourth-order valence-corrected chi connectivity index (χ4v) is 6.78. The van der Waals surface area contributed by atoms with Crippen molar-refractivity contribution in [3.63, 3.8) is 0 Å². The molecule has 0 atom stereocenters. The summed E-state index contributed by atoms with van der Waals surface area (Å²) in [5, 5.41) is 10.2. The Labute approximate surface area is 246 Å². The molecule has 0 amide bonds. The van der Waals surface area contributed by atoms with Crippen LogP contribution in [0.15, 0.2) is 146 Å². The van der Waals surface area contributed by atoms with E-state index in [-0.39, 0.29) is 0 Å². The van der Waals surface area contributed by atoms with Gasteiger partial charge in [0.05, 0.1) is 0 Å². The molecule has 8 aromatic carbocycles. The summed E-state index contributed by atoms with van der Waals surface area (Å²) in [7, 11) is 0. The van der Waals surface area contributed by atoms with Crippen LogP contribution in [0.5, 0.6) is 0 Å². The van der Waals surface area contributed by atoms with Gasteiger partial charge in [0.25, 0.3) is 0 Å². The zero-order valence-corrected chi connectivity index (χ0v) is 23.9. The van der Waals surface area contributed by atoms with Gasteiger partial charge < -0.3 is 0 Å². The standard InChI is InChI=1S/C42H30/c1-27-20-22-36-38(23-27)41(34-18-10-16-29-13-8-9-17-33(29)34)35-21-19-28(2)24-39(35)42(36)40-26-32-15-7-6-14-31(32)25-37(40)30-11-4-3-5-12-30/h3-26H,1-2H3. The molecular weight excluding hydrogens is 504 g/mol. The predicted molar refractivity (Wildman–Crippen MR) is 182 cm³/mol. The summed E-state index contributed by atoms with van der Waals surface area (Å²) in [4.78, 5) is 0. The Morgan fingerprint density at radius 3 is 1.50 bits per heavy atom. The summed E-state index contributed by atoms with van der Waals surface area (Å²) >= 11 is 0. The third kappa shape index (κ3) is 3.91. The van der Waals surface area contributed by atoms with Crippen molar-refractivity contribution in [1.82, 2.24) is 0 Å². The fourth-order valence-electron chi connectivity index (χ4n) is 6.78. The minimum absolute atomic E-state index is 1.23. The van der Waals surface area contributed by atoms with Gasteiger partial charge in [-0.25, -0.2) is 0 Å². The van der Waals surface area contributed by atoms with Gasteiger partial charge in [-0.15, -0.1) is 0 Å². The first-order valence-corrected chi connectivity index (χ1v) is 14.7. The van der Waals surface area contributed by atoms with Gasteiger partial charge >= 0.3 is 0 Å². The molecule has 8 aromatic rings. The highest BCUT2D eigenvalue weighted by Crippen LogP contribution is 2.48. The molecule has 0 radical (unpaired) electrons. The number of fused-ring (bicyclic) bond motifs is 4. The second-order valence-corrected chi connectivity index (χ2v) is 11.5. The molecule has 0 fully saturated rings. The number of hydrogen-bond acceptors (Lipinski definition) is 0. The number of rotatable bonds is 3.